The topological polar surface area (TPSA) is 67.1 Å². The van der Waals surface area contributed by atoms with Gasteiger partial charge in [-0.2, -0.15) is 22.0 Å². The molecule has 0 aliphatic heterocycles. The van der Waals surface area contributed by atoms with Crippen molar-refractivity contribution in [3.63, 3.8) is 0 Å². The van der Waals surface area contributed by atoms with Gasteiger partial charge in [-0.15, -0.1) is 35.3 Å². The third kappa shape index (κ3) is 6.34. The van der Waals surface area contributed by atoms with Crippen LogP contribution in [0.2, 0.25) is 0 Å². The smallest absolute Gasteiger partial charge is 0.357 e. The Labute approximate surface area is 167 Å². The number of halogens is 6. The first kappa shape index (κ1) is 22.5. The second kappa shape index (κ2) is 9.99. The number of aliphatic imine (C=N–C) groups is 1. The van der Waals surface area contributed by atoms with Crippen LogP contribution in [-0.4, -0.2) is 27.0 Å². The Kier molecular flexibility index (Phi) is 8.66. The number of rotatable bonds is 6. The van der Waals surface area contributed by atoms with Gasteiger partial charge in [0.1, 0.15) is 17.4 Å². The van der Waals surface area contributed by atoms with Crippen LogP contribution in [0.25, 0.3) is 0 Å². The molecular weight excluding hydrogens is 494 g/mol. The SMILES string of the molecule is CCNC(=NCc1nccn1C(F)F)NCc1nc(C(F)(F)F)cs1.I. The van der Waals surface area contributed by atoms with Crippen LogP contribution >= 0.6 is 35.3 Å². The molecule has 0 amide bonds. The summed E-state index contributed by atoms with van der Waals surface area (Å²) in [6.45, 7) is -0.531. The Balaban J connectivity index is 0.00000338. The van der Waals surface area contributed by atoms with Gasteiger partial charge in [-0.05, 0) is 6.92 Å². The van der Waals surface area contributed by atoms with Crippen molar-refractivity contribution in [2.75, 3.05) is 6.54 Å². The summed E-state index contributed by atoms with van der Waals surface area (Å²) in [5, 5.41) is 6.84. The molecule has 0 unspecified atom stereocenters. The lowest BCUT2D eigenvalue weighted by Crippen LogP contribution is -2.36. The van der Waals surface area contributed by atoms with Gasteiger partial charge in [0.05, 0.1) is 6.54 Å². The molecule has 0 saturated heterocycles. The molecule has 2 aromatic rings. The molecule has 2 aromatic heterocycles. The van der Waals surface area contributed by atoms with Gasteiger partial charge in [-0.1, -0.05) is 0 Å². The standard InChI is InChI=1S/C13H15F5N6S.HI/c1-2-19-12(21-5-9-20-3-4-24(9)11(14)15)22-6-10-23-8(7-25-10)13(16,17)18;/h3-4,7,11H,2,5-6H2,1H3,(H2,19,21,22);1H. The largest absolute Gasteiger partial charge is 0.434 e. The van der Waals surface area contributed by atoms with Gasteiger partial charge in [-0.3, -0.25) is 4.57 Å². The number of imidazole rings is 1. The van der Waals surface area contributed by atoms with E-state index < -0.39 is 18.4 Å². The number of alkyl halides is 5. The summed E-state index contributed by atoms with van der Waals surface area (Å²) in [6, 6.07) is 0. The molecule has 6 nitrogen and oxygen atoms in total. The Morgan fingerprint density at radius 2 is 2.08 bits per heavy atom. The Morgan fingerprint density at radius 3 is 2.65 bits per heavy atom. The van der Waals surface area contributed by atoms with E-state index in [9.17, 15) is 22.0 Å². The fraction of sp³-hybridized carbons (Fsp3) is 0.462. The van der Waals surface area contributed by atoms with Crippen molar-refractivity contribution >= 4 is 41.3 Å². The molecule has 0 spiro atoms. The third-order valence-electron chi connectivity index (χ3n) is 2.93. The quantitative estimate of drug-likeness (QED) is 0.270. The minimum atomic E-state index is -4.49. The van der Waals surface area contributed by atoms with Crippen LogP contribution in [-0.2, 0) is 19.3 Å². The van der Waals surface area contributed by atoms with E-state index in [1.807, 2.05) is 0 Å². The molecule has 2 heterocycles. The van der Waals surface area contributed by atoms with E-state index in [4.69, 9.17) is 0 Å². The van der Waals surface area contributed by atoms with Gasteiger partial charge in [0.25, 0.3) is 0 Å². The highest BCUT2D eigenvalue weighted by Crippen LogP contribution is 2.29. The predicted molar refractivity (Wildman–Crippen MR) is 97.7 cm³/mol. The van der Waals surface area contributed by atoms with Crippen LogP contribution in [0.4, 0.5) is 22.0 Å². The molecule has 0 atom stereocenters. The Morgan fingerprint density at radius 1 is 1.35 bits per heavy atom. The minimum Gasteiger partial charge on any atom is -0.357 e. The average molecular weight is 510 g/mol. The molecule has 0 saturated carbocycles. The van der Waals surface area contributed by atoms with Crippen molar-refractivity contribution in [2.45, 2.75) is 32.7 Å². The van der Waals surface area contributed by atoms with Gasteiger partial charge >= 0.3 is 12.7 Å². The van der Waals surface area contributed by atoms with E-state index in [2.05, 4.69) is 25.6 Å². The van der Waals surface area contributed by atoms with Gasteiger partial charge in [-0.25, -0.2) is 15.0 Å². The van der Waals surface area contributed by atoms with Crippen LogP contribution < -0.4 is 10.6 Å². The molecule has 26 heavy (non-hydrogen) atoms. The van der Waals surface area contributed by atoms with Crippen molar-refractivity contribution < 1.29 is 22.0 Å². The Bertz CT molecular complexity index is 714. The third-order valence-corrected chi connectivity index (χ3v) is 3.78. The van der Waals surface area contributed by atoms with Crippen molar-refractivity contribution in [1.82, 2.24) is 25.2 Å². The van der Waals surface area contributed by atoms with E-state index in [1.165, 1.54) is 6.20 Å². The van der Waals surface area contributed by atoms with Crippen LogP contribution in [0.15, 0.2) is 22.8 Å². The normalized spacial score (nSPS) is 12.2. The predicted octanol–water partition coefficient (Wildman–Crippen LogP) is 3.63. The molecule has 0 bridgehead atoms. The van der Waals surface area contributed by atoms with Crippen LogP contribution in [0.3, 0.4) is 0 Å². The molecule has 13 heteroatoms. The molecule has 2 rings (SSSR count). The number of hydrogen-bond acceptors (Lipinski definition) is 4. The van der Waals surface area contributed by atoms with Crippen LogP contribution in [0, 0.1) is 0 Å². The van der Waals surface area contributed by atoms with Gasteiger partial charge in [0, 0.05) is 24.3 Å². The van der Waals surface area contributed by atoms with Crippen molar-refractivity contribution in [1.29, 1.82) is 0 Å². The van der Waals surface area contributed by atoms with Crippen molar-refractivity contribution in [2.24, 2.45) is 4.99 Å². The summed E-state index contributed by atoms with van der Waals surface area (Å²) in [5.41, 5.74) is -0.949. The second-order valence-electron chi connectivity index (χ2n) is 4.70. The molecule has 0 aliphatic rings. The van der Waals surface area contributed by atoms with Gasteiger partial charge in [0.15, 0.2) is 11.7 Å². The van der Waals surface area contributed by atoms with Crippen LogP contribution in [0.5, 0.6) is 0 Å². The molecule has 0 aromatic carbocycles. The van der Waals surface area contributed by atoms with Crippen molar-refractivity contribution in [3.05, 3.63) is 34.3 Å². The highest BCUT2D eigenvalue weighted by Gasteiger charge is 2.33. The van der Waals surface area contributed by atoms with Gasteiger partial charge < -0.3 is 10.6 Å². The van der Waals surface area contributed by atoms with Gasteiger partial charge in [0.2, 0.25) is 0 Å². The van der Waals surface area contributed by atoms with E-state index >= 15 is 0 Å². The van der Waals surface area contributed by atoms with Crippen LogP contribution in [0.1, 0.15) is 30.0 Å². The monoisotopic (exact) mass is 510 g/mol. The first-order chi connectivity index (χ1) is 11.8. The van der Waals surface area contributed by atoms with E-state index in [-0.39, 0.29) is 53.9 Å². The zero-order chi connectivity index (χ0) is 18.4. The van der Waals surface area contributed by atoms with Crippen molar-refractivity contribution in [3.8, 4) is 0 Å². The first-order valence-corrected chi connectivity index (χ1v) is 8.03. The number of nitrogens with zero attached hydrogens (tertiary/aromatic N) is 4. The highest BCUT2D eigenvalue weighted by molar-refractivity contribution is 14.0. The highest BCUT2D eigenvalue weighted by atomic mass is 127. The number of aromatic nitrogens is 3. The fourth-order valence-corrected chi connectivity index (χ4v) is 2.56. The Hall–Kier alpha value is -1.51. The first-order valence-electron chi connectivity index (χ1n) is 7.15. The lowest BCUT2D eigenvalue weighted by molar-refractivity contribution is -0.140. The van der Waals surface area contributed by atoms with E-state index in [1.54, 1.807) is 6.92 Å². The minimum absolute atomic E-state index is 0. The summed E-state index contributed by atoms with van der Waals surface area (Å²) >= 11 is 0.867. The lowest BCUT2D eigenvalue weighted by Gasteiger charge is -2.10. The molecule has 0 radical (unpaired) electrons. The molecule has 0 aliphatic carbocycles. The van der Waals surface area contributed by atoms with E-state index in [0.717, 1.165) is 22.9 Å². The number of thiazole rings is 1. The second-order valence-corrected chi connectivity index (χ2v) is 5.64. The summed E-state index contributed by atoms with van der Waals surface area (Å²) in [6.07, 6.45) is -2.10. The lowest BCUT2D eigenvalue weighted by atomic mass is 10.5. The molecule has 2 N–H and O–H groups in total. The molecular formula is C13H16F5IN6S. The fourth-order valence-electron chi connectivity index (χ4n) is 1.82. The zero-order valence-electron chi connectivity index (χ0n) is 13.4. The summed E-state index contributed by atoms with van der Waals surface area (Å²) in [5.74, 6) is 0.330. The summed E-state index contributed by atoms with van der Waals surface area (Å²) < 4.78 is 63.7. The summed E-state index contributed by atoms with van der Waals surface area (Å²) in [7, 11) is 0. The number of guanidine groups is 1. The number of hydrogen-bond donors (Lipinski definition) is 2. The number of nitrogens with one attached hydrogen (secondary N) is 2. The molecule has 0 fully saturated rings. The summed E-state index contributed by atoms with van der Waals surface area (Å²) in [4.78, 5) is 11.4. The maximum Gasteiger partial charge on any atom is 0.434 e. The molecule has 146 valence electrons. The van der Waals surface area contributed by atoms with E-state index in [0.29, 0.717) is 11.1 Å². The maximum absolute atomic E-state index is 12.7. The average Bonchev–Trinajstić information content (AvgIpc) is 3.18. The maximum atomic E-state index is 12.7. The zero-order valence-corrected chi connectivity index (χ0v) is 16.6.